The molecule has 0 aromatic carbocycles. The predicted molar refractivity (Wildman–Crippen MR) is 65.1 cm³/mol. The molecule has 0 amide bonds. The van der Waals surface area contributed by atoms with Crippen LogP contribution >= 0.6 is 27.8 Å². The maximum absolute atomic E-state index is 11.0. The Bertz CT molecular complexity index is 334. The molecule has 1 heterocycles. The minimum absolute atomic E-state index is 0.0181. The quantitative estimate of drug-likeness (QED) is 0.256. The molecule has 0 spiro atoms. The average molecular weight is 306 g/mol. The van der Waals surface area contributed by atoms with E-state index in [0.717, 1.165) is 0 Å². The zero-order valence-electron chi connectivity index (χ0n) is 8.80. The molecule has 1 aliphatic heterocycles. The molecule has 0 bridgehead atoms. The van der Waals surface area contributed by atoms with Gasteiger partial charge >= 0.3 is 15.2 Å². The summed E-state index contributed by atoms with van der Waals surface area (Å²) in [6.45, 7) is 1.03. The Morgan fingerprint density at radius 2 is 1.71 bits per heavy atom. The molecule has 11 heteroatoms. The number of hydrogen-bond donors (Lipinski definition) is 7. The highest BCUT2D eigenvalue weighted by molar-refractivity contribution is 7.81. The first-order valence-electron chi connectivity index (χ1n) is 4.86. The lowest BCUT2D eigenvalue weighted by Crippen LogP contribution is -2.50. The van der Waals surface area contributed by atoms with Crippen LogP contribution in [-0.2, 0) is 9.13 Å². The first-order valence-corrected chi connectivity index (χ1v) is 8.74. The van der Waals surface area contributed by atoms with Gasteiger partial charge in [-0.25, -0.2) is 0 Å². The predicted octanol–water partition coefficient (Wildman–Crippen LogP) is -1.12. The summed E-state index contributed by atoms with van der Waals surface area (Å²) in [4.78, 5) is 35.7. The fraction of sp³-hybridized carbons (Fsp3) is 1.00. The summed E-state index contributed by atoms with van der Waals surface area (Å²) in [6.07, 6.45) is 0.479. The van der Waals surface area contributed by atoms with Crippen LogP contribution in [0.25, 0.3) is 0 Å². The highest BCUT2D eigenvalue weighted by Gasteiger charge is 2.44. The van der Waals surface area contributed by atoms with Crippen LogP contribution in [0.4, 0.5) is 0 Å². The zero-order valence-corrected chi connectivity index (χ0v) is 11.5. The summed E-state index contributed by atoms with van der Waals surface area (Å²) in [5.41, 5.74) is -2.15. The molecule has 2 unspecified atom stereocenters. The minimum atomic E-state index is -4.91. The second kappa shape index (κ2) is 5.69. The summed E-state index contributed by atoms with van der Waals surface area (Å²) in [6, 6.07) is -0.434. The SMILES string of the molecule is O=P(O)(O)C(NC1CNCC(S)C1)P(=O)(O)O. The van der Waals surface area contributed by atoms with Crippen molar-refractivity contribution in [3.63, 3.8) is 0 Å². The van der Waals surface area contributed by atoms with Crippen molar-refractivity contribution in [2.45, 2.75) is 23.2 Å². The molecule has 1 saturated heterocycles. The van der Waals surface area contributed by atoms with Crippen LogP contribution in [0, 0.1) is 0 Å². The van der Waals surface area contributed by atoms with Crippen LogP contribution in [-0.4, -0.2) is 49.5 Å². The van der Waals surface area contributed by atoms with Crippen LogP contribution in [0.2, 0.25) is 0 Å². The first kappa shape index (κ1) is 15.6. The molecule has 6 N–H and O–H groups in total. The summed E-state index contributed by atoms with van der Waals surface area (Å²) in [5.74, 6) is 0. The molecular formula is C6H16N2O6P2S. The standard InChI is InChI=1S/C6H16N2O6P2S/c9-15(10,11)6(16(12,13)14)8-4-1-5(17)3-7-2-4/h4-8,17H,1-3H2,(H2,9,10,11)(H2,12,13,14). The number of hydrogen-bond acceptors (Lipinski definition) is 5. The smallest absolute Gasteiger partial charge is 0.323 e. The van der Waals surface area contributed by atoms with Crippen LogP contribution in [0.1, 0.15) is 6.42 Å². The van der Waals surface area contributed by atoms with E-state index in [9.17, 15) is 9.13 Å². The fourth-order valence-corrected chi connectivity index (χ4v) is 4.41. The van der Waals surface area contributed by atoms with Crippen molar-refractivity contribution >= 4 is 27.8 Å². The van der Waals surface area contributed by atoms with Crippen molar-refractivity contribution in [1.82, 2.24) is 10.6 Å². The number of thiol groups is 1. The molecule has 102 valence electrons. The fourth-order valence-electron chi connectivity index (χ4n) is 1.65. The molecule has 8 nitrogen and oxygen atoms in total. The van der Waals surface area contributed by atoms with E-state index in [-0.39, 0.29) is 5.25 Å². The molecule has 1 rings (SSSR count). The number of piperidine rings is 1. The van der Waals surface area contributed by atoms with Gasteiger partial charge < -0.3 is 24.9 Å². The van der Waals surface area contributed by atoms with Gasteiger partial charge in [0.25, 0.3) is 0 Å². The highest BCUT2D eigenvalue weighted by atomic mass is 32.1. The Balaban J connectivity index is 2.74. The van der Waals surface area contributed by atoms with Crippen molar-refractivity contribution < 1.29 is 28.7 Å². The Morgan fingerprint density at radius 1 is 1.18 bits per heavy atom. The van der Waals surface area contributed by atoms with E-state index in [1.54, 1.807) is 0 Å². The van der Waals surface area contributed by atoms with Gasteiger partial charge in [0, 0.05) is 24.4 Å². The van der Waals surface area contributed by atoms with Crippen LogP contribution in [0.3, 0.4) is 0 Å². The third-order valence-electron chi connectivity index (χ3n) is 2.35. The Labute approximate surface area is 104 Å². The van der Waals surface area contributed by atoms with Crippen molar-refractivity contribution in [2.75, 3.05) is 13.1 Å². The molecule has 0 radical (unpaired) electrons. The van der Waals surface area contributed by atoms with Crippen LogP contribution < -0.4 is 10.6 Å². The Morgan fingerprint density at radius 3 is 2.12 bits per heavy atom. The summed E-state index contributed by atoms with van der Waals surface area (Å²) < 4.78 is 22.1. The van der Waals surface area contributed by atoms with E-state index in [1.165, 1.54) is 0 Å². The largest absolute Gasteiger partial charge is 0.354 e. The number of nitrogens with one attached hydrogen (secondary N) is 2. The third-order valence-corrected chi connectivity index (χ3v) is 6.12. The number of rotatable bonds is 4. The van der Waals surface area contributed by atoms with Crippen LogP contribution in [0.15, 0.2) is 0 Å². The maximum Gasteiger partial charge on any atom is 0.354 e. The zero-order chi connectivity index (χ0) is 13.3. The second-order valence-electron chi connectivity index (χ2n) is 3.96. The van der Waals surface area contributed by atoms with Gasteiger partial charge in [-0.3, -0.25) is 14.4 Å². The summed E-state index contributed by atoms with van der Waals surface area (Å²) >= 11 is 4.20. The molecule has 0 aliphatic carbocycles. The van der Waals surface area contributed by atoms with Crippen molar-refractivity contribution in [1.29, 1.82) is 0 Å². The van der Waals surface area contributed by atoms with Gasteiger partial charge in [-0.05, 0) is 6.42 Å². The monoisotopic (exact) mass is 306 g/mol. The summed E-state index contributed by atoms with van der Waals surface area (Å²) in [5, 5.41) is 5.26. The second-order valence-corrected chi connectivity index (χ2v) is 8.49. The van der Waals surface area contributed by atoms with E-state index in [2.05, 4.69) is 23.3 Å². The van der Waals surface area contributed by atoms with Gasteiger partial charge in [-0.15, -0.1) is 0 Å². The van der Waals surface area contributed by atoms with Gasteiger partial charge in [-0.1, -0.05) is 0 Å². The van der Waals surface area contributed by atoms with E-state index in [0.29, 0.717) is 19.5 Å². The molecule has 0 aromatic rings. The van der Waals surface area contributed by atoms with Crippen molar-refractivity contribution in [3.05, 3.63) is 0 Å². The summed E-state index contributed by atoms with van der Waals surface area (Å²) in [7, 11) is -9.82. The van der Waals surface area contributed by atoms with Gasteiger partial charge in [0.1, 0.15) is 0 Å². The highest BCUT2D eigenvalue weighted by Crippen LogP contribution is 2.58. The van der Waals surface area contributed by atoms with E-state index < -0.39 is 26.8 Å². The maximum atomic E-state index is 11.0. The lowest BCUT2D eigenvalue weighted by atomic mass is 10.1. The molecule has 17 heavy (non-hydrogen) atoms. The molecular weight excluding hydrogens is 290 g/mol. The normalized spacial score (nSPS) is 27.4. The lowest BCUT2D eigenvalue weighted by molar-refractivity contribution is 0.309. The molecule has 0 aromatic heterocycles. The topological polar surface area (TPSA) is 139 Å². The Kier molecular flexibility index (Phi) is 5.23. The van der Waals surface area contributed by atoms with Gasteiger partial charge in [0.2, 0.25) is 5.52 Å². The average Bonchev–Trinajstić information content (AvgIpc) is 2.10. The molecule has 1 fully saturated rings. The van der Waals surface area contributed by atoms with E-state index >= 15 is 0 Å². The van der Waals surface area contributed by atoms with Crippen molar-refractivity contribution in [2.24, 2.45) is 0 Å². The van der Waals surface area contributed by atoms with Gasteiger partial charge in [0.05, 0.1) is 0 Å². The minimum Gasteiger partial charge on any atom is -0.323 e. The van der Waals surface area contributed by atoms with Gasteiger partial charge in [-0.2, -0.15) is 12.6 Å². The van der Waals surface area contributed by atoms with Gasteiger partial charge in [0.15, 0.2) is 0 Å². The lowest BCUT2D eigenvalue weighted by Gasteiger charge is -2.31. The first-order chi connectivity index (χ1) is 7.60. The Hall–Kier alpha value is 0.570. The third kappa shape index (κ3) is 4.98. The molecule has 0 saturated carbocycles. The molecule has 1 aliphatic rings. The molecule has 2 atom stereocenters. The van der Waals surface area contributed by atoms with Crippen molar-refractivity contribution in [3.8, 4) is 0 Å². The van der Waals surface area contributed by atoms with E-state index in [4.69, 9.17) is 19.6 Å². The van der Waals surface area contributed by atoms with Crippen LogP contribution in [0.5, 0.6) is 0 Å². The van der Waals surface area contributed by atoms with E-state index in [1.807, 2.05) is 0 Å².